The van der Waals surface area contributed by atoms with Crippen LogP contribution >= 0.6 is 0 Å². The van der Waals surface area contributed by atoms with E-state index in [9.17, 15) is 0 Å². The molecule has 0 radical (unpaired) electrons. The highest BCUT2D eigenvalue weighted by molar-refractivity contribution is 5.46. The maximum Gasteiger partial charge on any atom is 0.276 e. The second-order valence-corrected chi connectivity index (χ2v) is 3.89. The molecule has 96 valence electrons. The predicted molar refractivity (Wildman–Crippen MR) is 65.7 cm³/mol. The van der Waals surface area contributed by atoms with Crippen molar-refractivity contribution >= 4 is 0 Å². The van der Waals surface area contributed by atoms with Crippen molar-refractivity contribution in [2.75, 3.05) is 13.2 Å². The van der Waals surface area contributed by atoms with E-state index in [1.54, 1.807) is 0 Å². The maximum atomic E-state index is 5.87. The van der Waals surface area contributed by atoms with Crippen LogP contribution < -0.4 is 5.73 Å². The number of ether oxygens (including phenoxy) is 1. The van der Waals surface area contributed by atoms with E-state index in [1.165, 1.54) is 0 Å². The van der Waals surface area contributed by atoms with Gasteiger partial charge in [-0.3, -0.25) is 0 Å². The molecule has 0 aliphatic carbocycles. The number of nitrogens with two attached hydrogens (primary N) is 1. The molecule has 6 nitrogen and oxygen atoms in total. The molecule has 2 heterocycles. The summed E-state index contributed by atoms with van der Waals surface area (Å²) in [4.78, 5) is 8.54. The lowest BCUT2D eigenvalue weighted by atomic mass is 10.3. The molecule has 0 amide bonds. The highest BCUT2D eigenvalue weighted by atomic mass is 16.5. The lowest BCUT2D eigenvalue weighted by Crippen LogP contribution is -2.18. The van der Waals surface area contributed by atoms with Gasteiger partial charge in [0, 0.05) is 12.3 Å². The zero-order chi connectivity index (χ0) is 13.0. The van der Waals surface area contributed by atoms with E-state index in [-0.39, 0.29) is 6.04 Å². The smallest absolute Gasteiger partial charge is 0.276 e. The van der Waals surface area contributed by atoms with Crippen molar-refractivity contribution in [2.45, 2.75) is 19.9 Å². The standard InChI is InChI=1S/C12H16N4O2/c1-3-17-7-9(13)11-15-12(18-16-11)10-6-4-5-8(2)14-10/h4-6,9H,3,7,13H2,1-2H3. The van der Waals surface area contributed by atoms with E-state index < -0.39 is 0 Å². The number of nitrogens with zero attached hydrogens (tertiary/aromatic N) is 3. The molecule has 2 aromatic rings. The average molecular weight is 248 g/mol. The van der Waals surface area contributed by atoms with Gasteiger partial charge in [0.05, 0.1) is 12.6 Å². The van der Waals surface area contributed by atoms with Crippen molar-refractivity contribution < 1.29 is 9.26 Å². The fraction of sp³-hybridized carbons (Fsp3) is 0.417. The van der Waals surface area contributed by atoms with E-state index in [0.29, 0.717) is 30.6 Å². The second kappa shape index (κ2) is 5.70. The third kappa shape index (κ3) is 2.91. The lowest BCUT2D eigenvalue weighted by molar-refractivity contribution is 0.130. The van der Waals surface area contributed by atoms with Crippen LogP contribution in [0.5, 0.6) is 0 Å². The summed E-state index contributed by atoms with van der Waals surface area (Å²) in [6.45, 7) is 4.79. The fourth-order valence-electron chi connectivity index (χ4n) is 1.47. The fourth-order valence-corrected chi connectivity index (χ4v) is 1.47. The molecule has 0 spiro atoms. The number of hydrogen-bond acceptors (Lipinski definition) is 6. The Balaban J connectivity index is 2.15. The van der Waals surface area contributed by atoms with E-state index in [2.05, 4.69) is 15.1 Å². The number of hydrogen-bond donors (Lipinski definition) is 1. The largest absolute Gasteiger partial charge is 0.380 e. The molecular formula is C12H16N4O2. The third-order valence-electron chi connectivity index (χ3n) is 2.38. The second-order valence-electron chi connectivity index (χ2n) is 3.89. The molecule has 0 fully saturated rings. The molecule has 18 heavy (non-hydrogen) atoms. The molecule has 0 saturated carbocycles. The van der Waals surface area contributed by atoms with Gasteiger partial charge in [0.25, 0.3) is 5.89 Å². The van der Waals surface area contributed by atoms with Crippen LogP contribution in [0.2, 0.25) is 0 Å². The van der Waals surface area contributed by atoms with E-state index in [4.69, 9.17) is 15.0 Å². The van der Waals surface area contributed by atoms with Crippen molar-refractivity contribution in [3.8, 4) is 11.6 Å². The third-order valence-corrected chi connectivity index (χ3v) is 2.38. The van der Waals surface area contributed by atoms with Gasteiger partial charge >= 0.3 is 0 Å². The first-order valence-electron chi connectivity index (χ1n) is 5.81. The van der Waals surface area contributed by atoms with Gasteiger partial charge in [0.2, 0.25) is 0 Å². The highest BCUT2D eigenvalue weighted by Crippen LogP contribution is 2.16. The van der Waals surface area contributed by atoms with Crippen molar-refractivity contribution in [3.05, 3.63) is 29.7 Å². The van der Waals surface area contributed by atoms with Gasteiger partial charge < -0.3 is 15.0 Å². The van der Waals surface area contributed by atoms with Crippen molar-refractivity contribution in [2.24, 2.45) is 5.73 Å². The van der Waals surface area contributed by atoms with Gasteiger partial charge in [-0.05, 0) is 26.0 Å². The van der Waals surface area contributed by atoms with E-state index in [1.807, 2.05) is 32.0 Å². The minimum atomic E-state index is -0.382. The Labute approximate surface area is 105 Å². The van der Waals surface area contributed by atoms with Crippen LogP contribution in [-0.4, -0.2) is 28.3 Å². The molecule has 2 N–H and O–H groups in total. The first-order valence-corrected chi connectivity index (χ1v) is 5.81. The Morgan fingerprint density at radius 2 is 2.22 bits per heavy atom. The van der Waals surface area contributed by atoms with Gasteiger partial charge in [0.1, 0.15) is 5.69 Å². The molecule has 6 heteroatoms. The summed E-state index contributed by atoms with van der Waals surface area (Å²) in [5, 5.41) is 3.84. The molecule has 0 saturated heterocycles. The van der Waals surface area contributed by atoms with Crippen LogP contribution in [0, 0.1) is 6.92 Å². The van der Waals surface area contributed by atoms with Crippen molar-refractivity contribution in [3.63, 3.8) is 0 Å². The summed E-state index contributed by atoms with van der Waals surface area (Å²) >= 11 is 0. The molecule has 0 aliphatic rings. The molecular weight excluding hydrogens is 232 g/mol. The van der Waals surface area contributed by atoms with Crippen molar-refractivity contribution in [1.29, 1.82) is 0 Å². The molecule has 0 bridgehead atoms. The number of aromatic nitrogens is 3. The van der Waals surface area contributed by atoms with Crippen LogP contribution in [0.1, 0.15) is 24.5 Å². The monoisotopic (exact) mass is 248 g/mol. The Kier molecular flexibility index (Phi) is 4.01. The SMILES string of the molecule is CCOCC(N)c1noc(-c2cccc(C)n2)n1. The predicted octanol–water partition coefficient (Wildman–Crippen LogP) is 1.48. The van der Waals surface area contributed by atoms with E-state index >= 15 is 0 Å². The summed E-state index contributed by atoms with van der Waals surface area (Å²) < 4.78 is 10.4. The zero-order valence-electron chi connectivity index (χ0n) is 10.5. The van der Waals surface area contributed by atoms with Gasteiger partial charge in [-0.25, -0.2) is 4.98 Å². The minimum absolute atomic E-state index is 0.372. The summed E-state index contributed by atoms with van der Waals surface area (Å²) in [7, 11) is 0. The maximum absolute atomic E-state index is 5.87. The summed E-state index contributed by atoms with van der Waals surface area (Å²) in [6, 6.07) is 5.23. The van der Waals surface area contributed by atoms with Crippen LogP contribution in [0.3, 0.4) is 0 Å². The number of aryl methyl sites for hydroxylation is 1. The molecule has 0 aromatic carbocycles. The molecule has 2 aromatic heterocycles. The normalized spacial score (nSPS) is 12.6. The molecule has 1 atom stereocenters. The van der Waals surface area contributed by atoms with Crippen LogP contribution in [-0.2, 0) is 4.74 Å². The molecule has 2 rings (SSSR count). The van der Waals surface area contributed by atoms with Gasteiger partial charge in [-0.1, -0.05) is 11.2 Å². The number of rotatable bonds is 5. The van der Waals surface area contributed by atoms with Gasteiger partial charge in [0.15, 0.2) is 5.82 Å². The zero-order valence-corrected chi connectivity index (χ0v) is 10.5. The minimum Gasteiger partial charge on any atom is -0.380 e. The van der Waals surface area contributed by atoms with Crippen LogP contribution in [0.15, 0.2) is 22.7 Å². The Morgan fingerprint density at radius 3 is 2.94 bits per heavy atom. The lowest BCUT2D eigenvalue weighted by Gasteiger charge is -2.05. The quantitative estimate of drug-likeness (QED) is 0.862. The first-order chi connectivity index (χ1) is 8.70. The average Bonchev–Trinajstić information content (AvgIpc) is 2.85. The first kappa shape index (κ1) is 12.7. The Morgan fingerprint density at radius 1 is 1.39 bits per heavy atom. The van der Waals surface area contributed by atoms with Crippen LogP contribution in [0.25, 0.3) is 11.6 Å². The summed E-state index contributed by atoms with van der Waals surface area (Å²) in [6.07, 6.45) is 0. The number of pyridine rings is 1. The van der Waals surface area contributed by atoms with E-state index in [0.717, 1.165) is 5.69 Å². The van der Waals surface area contributed by atoms with Crippen LogP contribution in [0.4, 0.5) is 0 Å². The van der Waals surface area contributed by atoms with Gasteiger partial charge in [-0.15, -0.1) is 0 Å². The summed E-state index contributed by atoms with van der Waals surface area (Å²) in [5.41, 5.74) is 7.42. The van der Waals surface area contributed by atoms with Crippen molar-refractivity contribution in [1.82, 2.24) is 15.1 Å². The summed E-state index contributed by atoms with van der Waals surface area (Å²) in [5.74, 6) is 0.808. The topological polar surface area (TPSA) is 87.1 Å². The highest BCUT2D eigenvalue weighted by Gasteiger charge is 2.16. The molecule has 1 unspecified atom stereocenters. The molecule has 0 aliphatic heterocycles. The Bertz CT molecular complexity index is 512. The van der Waals surface area contributed by atoms with Gasteiger partial charge in [-0.2, -0.15) is 4.98 Å². The Hall–Kier alpha value is -1.79.